The molecule has 0 saturated heterocycles. The molecule has 19 heavy (non-hydrogen) atoms. The van der Waals surface area contributed by atoms with Crippen LogP contribution in [0.5, 0.6) is 0 Å². The highest BCUT2D eigenvalue weighted by atomic mass is 14.9. The van der Waals surface area contributed by atoms with Crippen molar-refractivity contribution in [3.05, 3.63) is 96.3 Å². The van der Waals surface area contributed by atoms with Crippen molar-refractivity contribution in [2.75, 3.05) is 0 Å². The van der Waals surface area contributed by atoms with E-state index in [1.54, 1.807) is 0 Å². The van der Waals surface area contributed by atoms with E-state index in [0.29, 0.717) is 0 Å². The van der Waals surface area contributed by atoms with Crippen molar-refractivity contribution >= 4 is 0 Å². The van der Waals surface area contributed by atoms with E-state index in [4.69, 9.17) is 0 Å². The Morgan fingerprint density at radius 3 is 1.84 bits per heavy atom. The second-order valence-electron chi connectivity index (χ2n) is 4.61. The average molecular weight is 246 g/mol. The minimum Gasteiger partial charge on any atom is -0.167 e. The summed E-state index contributed by atoms with van der Waals surface area (Å²) >= 11 is 0. The number of hydrogen-bond donors (Lipinski definition) is 0. The fourth-order valence-corrected chi connectivity index (χ4v) is 2.19. The molecule has 0 aliphatic rings. The predicted molar refractivity (Wildman–Crippen MR) is 77.2 cm³/mol. The van der Waals surface area contributed by atoms with Gasteiger partial charge in [-0.05, 0) is 17.5 Å². The summed E-state index contributed by atoms with van der Waals surface area (Å²) in [5.41, 5.74) is 3.88. The first-order valence-electron chi connectivity index (χ1n) is 6.51. The molecular formula is C18H16N+. The predicted octanol–water partition coefficient (Wildman–Crippen LogP) is 3.55. The summed E-state index contributed by atoms with van der Waals surface area (Å²) in [6.07, 6.45) is 5.11. The van der Waals surface area contributed by atoms with Gasteiger partial charge in [-0.3, -0.25) is 0 Å². The highest BCUT2D eigenvalue weighted by molar-refractivity contribution is 5.31. The fourth-order valence-electron chi connectivity index (χ4n) is 2.19. The summed E-state index contributed by atoms with van der Waals surface area (Å²) in [5, 5.41) is 0. The van der Waals surface area contributed by atoms with Gasteiger partial charge < -0.3 is 0 Å². The zero-order chi connectivity index (χ0) is 12.9. The van der Waals surface area contributed by atoms with E-state index in [-0.39, 0.29) is 0 Å². The Morgan fingerprint density at radius 2 is 1.16 bits per heavy atom. The topological polar surface area (TPSA) is 3.88 Å². The molecule has 2 aromatic carbocycles. The SMILES string of the molecule is c1ccc(Cc2ccc(-[n+]3ccccc3)cc2)cc1. The molecule has 0 N–H and O–H groups in total. The van der Waals surface area contributed by atoms with Crippen molar-refractivity contribution in [2.45, 2.75) is 6.42 Å². The van der Waals surface area contributed by atoms with Crippen LogP contribution in [0.1, 0.15) is 11.1 Å². The number of nitrogens with zero attached hydrogens (tertiary/aromatic N) is 1. The van der Waals surface area contributed by atoms with E-state index >= 15 is 0 Å². The Bertz CT molecular complexity index is 628. The first-order valence-corrected chi connectivity index (χ1v) is 6.51. The second kappa shape index (κ2) is 5.49. The normalized spacial score (nSPS) is 10.3. The maximum Gasteiger partial charge on any atom is 0.210 e. The highest BCUT2D eigenvalue weighted by Crippen LogP contribution is 2.10. The molecule has 3 aromatic rings. The molecule has 1 heteroatoms. The van der Waals surface area contributed by atoms with Gasteiger partial charge in [0.15, 0.2) is 12.4 Å². The molecule has 0 fully saturated rings. The minimum absolute atomic E-state index is 0.987. The molecule has 1 nitrogen and oxygen atoms in total. The van der Waals surface area contributed by atoms with Crippen LogP contribution >= 0.6 is 0 Å². The zero-order valence-corrected chi connectivity index (χ0v) is 10.7. The van der Waals surface area contributed by atoms with Gasteiger partial charge >= 0.3 is 0 Å². The Morgan fingerprint density at radius 1 is 0.579 bits per heavy atom. The van der Waals surface area contributed by atoms with Gasteiger partial charge in [0.2, 0.25) is 5.69 Å². The van der Waals surface area contributed by atoms with Gasteiger partial charge in [0.1, 0.15) is 0 Å². The molecule has 1 aromatic heterocycles. The van der Waals surface area contributed by atoms with Crippen LogP contribution < -0.4 is 4.57 Å². The van der Waals surface area contributed by atoms with Gasteiger partial charge in [-0.25, -0.2) is 0 Å². The summed E-state index contributed by atoms with van der Waals surface area (Å²) in [6, 6.07) is 25.4. The quantitative estimate of drug-likeness (QED) is 0.622. The van der Waals surface area contributed by atoms with Crippen LogP contribution in [0.4, 0.5) is 0 Å². The molecule has 3 rings (SSSR count). The lowest BCUT2D eigenvalue weighted by atomic mass is 10.0. The molecule has 0 atom stereocenters. The average Bonchev–Trinajstić information content (AvgIpc) is 2.50. The van der Waals surface area contributed by atoms with Gasteiger partial charge in [-0.2, -0.15) is 4.57 Å². The third-order valence-electron chi connectivity index (χ3n) is 3.20. The molecule has 0 spiro atoms. The standard InChI is InChI=1S/C18H16N/c1-3-7-16(8-4-1)15-17-9-11-18(12-10-17)19-13-5-2-6-14-19/h1-14H,15H2/q+1. The maximum atomic E-state index is 2.20. The van der Waals surface area contributed by atoms with Crippen molar-refractivity contribution in [3.63, 3.8) is 0 Å². The Labute approximate surface area is 113 Å². The molecule has 0 aliphatic heterocycles. The summed E-state index contributed by atoms with van der Waals surface area (Å²) in [4.78, 5) is 0. The van der Waals surface area contributed by atoms with Crippen LogP contribution in [-0.4, -0.2) is 0 Å². The van der Waals surface area contributed by atoms with E-state index in [2.05, 4.69) is 71.6 Å². The molecule has 0 bridgehead atoms. The van der Waals surface area contributed by atoms with Crippen LogP contribution in [0, 0.1) is 0 Å². The number of rotatable bonds is 3. The van der Waals surface area contributed by atoms with Gasteiger partial charge in [-0.1, -0.05) is 48.5 Å². The first kappa shape index (κ1) is 11.7. The molecule has 0 aliphatic carbocycles. The molecule has 0 saturated carbocycles. The van der Waals surface area contributed by atoms with Crippen LogP contribution in [-0.2, 0) is 6.42 Å². The smallest absolute Gasteiger partial charge is 0.167 e. The van der Waals surface area contributed by atoms with E-state index in [1.807, 2.05) is 18.2 Å². The van der Waals surface area contributed by atoms with Crippen molar-refractivity contribution in [1.82, 2.24) is 0 Å². The maximum absolute atomic E-state index is 2.20. The summed E-state index contributed by atoms with van der Waals surface area (Å²) in [5.74, 6) is 0. The van der Waals surface area contributed by atoms with Crippen LogP contribution in [0.2, 0.25) is 0 Å². The van der Waals surface area contributed by atoms with Gasteiger partial charge in [0.05, 0.1) is 0 Å². The van der Waals surface area contributed by atoms with Gasteiger partial charge in [0.25, 0.3) is 0 Å². The third-order valence-corrected chi connectivity index (χ3v) is 3.20. The molecule has 0 amide bonds. The number of benzene rings is 2. The van der Waals surface area contributed by atoms with Crippen molar-refractivity contribution in [1.29, 1.82) is 0 Å². The lowest BCUT2D eigenvalue weighted by molar-refractivity contribution is -0.595. The molecule has 92 valence electrons. The Kier molecular flexibility index (Phi) is 3.37. The van der Waals surface area contributed by atoms with Crippen LogP contribution in [0.3, 0.4) is 0 Å². The minimum atomic E-state index is 0.987. The lowest BCUT2D eigenvalue weighted by Crippen LogP contribution is -2.28. The first-order chi connectivity index (χ1) is 9.42. The van der Waals surface area contributed by atoms with E-state index in [0.717, 1.165) is 6.42 Å². The van der Waals surface area contributed by atoms with E-state index in [1.165, 1.54) is 16.8 Å². The van der Waals surface area contributed by atoms with Crippen molar-refractivity contribution < 1.29 is 4.57 Å². The van der Waals surface area contributed by atoms with Crippen LogP contribution in [0.25, 0.3) is 5.69 Å². The largest absolute Gasteiger partial charge is 0.210 e. The fraction of sp³-hybridized carbons (Fsp3) is 0.0556. The van der Waals surface area contributed by atoms with E-state index < -0.39 is 0 Å². The molecular weight excluding hydrogens is 230 g/mol. The second-order valence-corrected chi connectivity index (χ2v) is 4.61. The zero-order valence-electron chi connectivity index (χ0n) is 10.7. The monoisotopic (exact) mass is 246 g/mol. The Balaban J connectivity index is 1.80. The summed E-state index contributed by atoms with van der Waals surface area (Å²) in [7, 11) is 0. The lowest BCUT2D eigenvalue weighted by Gasteiger charge is -2.02. The van der Waals surface area contributed by atoms with Crippen LogP contribution in [0.15, 0.2) is 85.2 Å². The summed E-state index contributed by atoms with van der Waals surface area (Å²) < 4.78 is 2.12. The van der Waals surface area contributed by atoms with Gasteiger partial charge in [-0.15, -0.1) is 0 Å². The van der Waals surface area contributed by atoms with Crippen molar-refractivity contribution in [3.8, 4) is 5.69 Å². The Hall–Kier alpha value is -2.41. The number of hydrogen-bond acceptors (Lipinski definition) is 0. The number of pyridine rings is 1. The van der Waals surface area contributed by atoms with E-state index in [9.17, 15) is 0 Å². The number of aromatic nitrogens is 1. The molecule has 0 radical (unpaired) electrons. The summed E-state index contributed by atoms with van der Waals surface area (Å²) in [6.45, 7) is 0. The third kappa shape index (κ3) is 2.89. The molecule has 1 heterocycles. The van der Waals surface area contributed by atoms with Gasteiger partial charge in [0, 0.05) is 24.3 Å². The molecule has 0 unspecified atom stereocenters. The highest BCUT2D eigenvalue weighted by Gasteiger charge is 2.03. The van der Waals surface area contributed by atoms with Crippen molar-refractivity contribution in [2.24, 2.45) is 0 Å².